The van der Waals surface area contributed by atoms with Gasteiger partial charge in [0.05, 0.1) is 5.69 Å². The third-order valence-electron chi connectivity index (χ3n) is 19.4. The highest BCUT2D eigenvalue weighted by atomic mass is 15.2. The summed E-state index contributed by atoms with van der Waals surface area (Å²) in [5, 5.41) is 0. The van der Waals surface area contributed by atoms with Gasteiger partial charge in [0.15, 0.2) is 0 Å². The molecule has 0 saturated heterocycles. The second kappa shape index (κ2) is 13.9. The number of benzene rings is 6. The van der Waals surface area contributed by atoms with Crippen LogP contribution in [0.2, 0.25) is 0 Å². The molecule has 4 aliphatic carbocycles. The fourth-order valence-electron chi connectivity index (χ4n) is 15.7. The van der Waals surface area contributed by atoms with Gasteiger partial charge in [-0.15, -0.1) is 0 Å². The zero-order valence-corrected chi connectivity index (χ0v) is 46.2. The normalized spacial score (nSPS) is 21.4. The molecule has 0 amide bonds. The van der Waals surface area contributed by atoms with Gasteiger partial charge in [0, 0.05) is 33.9 Å². The van der Waals surface area contributed by atoms with Gasteiger partial charge < -0.3 is 9.80 Å². The Balaban J connectivity index is 1.23. The van der Waals surface area contributed by atoms with E-state index in [2.05, 4.69) is 225 Å². The van der Waals surface area contributed by atoms with Gasteiger partial charge in [-0.1, -0.05) is 166 Å². The van der Waals surface area contributed by atoms with E-state index >= 15 is 0 Å². The minimum absolute atomic E-state index is 0.0384. The van der Waals surface area contributed by atoms with Crippen molar-refractivity contribution >= 4 is 57.2 Å². The molecule has 0 N–H and O–H groups in total. The van der Waals surface area contributed by atoms with Crippen LogP contribution in [-0.2, 0) is 43.3 Å². The Kier molecular flexibility index (Phi) is 9.17. The van der Waals surface area contributed by atoms with E-state index in [9.17, 15) is 0 Å². The van der Waals surface area contributed by atoms with Gasteiger partial charge in [-0.05, 0) is 203 Å². The van der Waals surface area contributed by atoms with Crippen LogP contribution in [0.3, 0.4) is 0 Å². The lowest BCUT2D eigenvalue weighted by molar-refractivity contribution is 0.332. The molecule has 0 aromatic heterocycles. The second-order valence-electron chi connectivity index (χ2n) is 28.7. The van der Waals surface area contributed by atoms with Crippen LogP contribution in [0.25, 0.3) is 11.1 Å². The lowest BCUT2D eigenvalue weighted by Gasteiger charge is -2.48. The molecule has 360 valence electrons. The predicted molar refractivity (Wildman–Crippen MR) is 303 cm³/mol. The SMILES string of the molecule is Cc1cc2c3c(c1)N(c1ccc4c(c1C(C)(C)C)C(C)(C)c1ccccc1-4)c1cc4c(cc1B3c1cc3c(cc1N2c1ccc2c(c1)C(C)(C)CCC2(C)C)C(C)(C)CCC3(C)C)C(C)(C)CC4(C)C. The summed E-state index contributed by atoms with van der Waals surface area (Å²) in [6.07, 6.45) is 5.90. The fourth-order valence-corrected chi connectivity index (χ4v) is 15.7. The Morgan fingerprint density at radius 3 is 1.50 bits per heavy atom. The van der Waals surface area contributed by atoms with Crippen LogP contribution in [0.15, 0.2) is 91.0 Å². The van der Waals surface area contributed by atoms with Crippen molar-refractivity contribution in [3.05, 3.63) is 147 Å². The zero-order valence-electron chi connectivity index (χ0n) is 46.2. The van der Waals surface area contributed by atoms with Crippen molar-refractivity contribution in [2.45, 2.75) is 200 Å². The van der Waals surface area contributed by atoms with Crippen molar-refractivity contribution in [2.24, 2.45) is 0 Å². The molecule has 2 aliphatic heterocycles. The first-order valence-electron chi connectivity index (χ1n) is 27.0. The lowest BCUT2D eigenvalue weighted by atomic mass is 9.32. The monoisotopic (exact) mass is 923 g/mol. The highest BCUT2D eigenvalue weighted by molar-refractivity contribution is 7.00. The minimum atomic E-state index is -0.161. The average Bonchev–Trinajstić information content (AvgIpc) is 3.61. The molecule has 0 saturated carbocycles. The molecule has 2 nitrogen and oxygen atoms in total. The highest BCUT2D eigenvalue weighted by Gasteiger charge is 2.51. The van der Waals surface area contributed by atoms with E-state index in [1.165, 1.54) is 143 Å². The maximum Gasteiger partial charge on any atom is 0.252 e. The Morgan fingerprint density at radius 1 is 0.429 bits per heavy atom. The minimum Gasteiger partial charge on any atom is -0.311 e. The first kappa shape index (κ1) is 46.1. The van der Waals surface area contributed by atoms with Gasteiger partial charge in [-0.3, -0.25) is 0 Å². The van der Waals surface area contributed by atoms with Gasteiger partial charge in [-0.25, -0.2) is 0 Å². The third kappa shape index (κ3) is 6.17. The first-order chi connectivity index (χ1) is 32.5. The number of aryl methyl sites for hydroxylation is 1. The molecule has 2 heterocycles. The summed E-state index contributed by atoms with van der Waals surface area (Å²) in [5.74, 6) is 0. The molecular formula is C67H79BN2. The van der Waals surface area contributed by atoms with Crippen LogP contribution in [-0.4, -0.2) is 6.71 Å². The molecule has 6 aromatic carbocycles. The molecule has 0 atom stereocenters. The van der Waals surface area contributed by atoms with Gasteiger partial charge in [0.1, 0.15) is 0 Å². The van der Waals surface area contributed by atoms with E-state index < -0.39 is 0 Å². The summed E-state index contributed by atoms with van der Waals surface area (Å²) in [7, 11) is 0. The number of rotatable bonds is 2. The van der Waals surface area contributed by atoms with E-state index in [1.54, 1.807) is 0 Å². The van der Waals surface area contributed by atoms with E-state index in [4.69, 9.17) is 0 Å². The molecule has 12 rings (SSSR count). The first-order valence-corrected chi connectivity index (χ1v) is 27.0. The third-order valence-corrected chi connectivity index (χ3v) is 19.4. The van der Waals surface area contributed by atoms with Gasteiger partial charge >= 0.3 is 0 Å². The number of nitrogens with zero attached hydrogens (tertiary/aromatic N) is 2. The van der Waals surface area contributed by atoms with Gasteiger partial charge in [0.2, 0.25) is 0 Å². The van der Waals surface area contributed by atoms with Gasteiger partial charge in [-0.2, -0.15) is 0 Å². The van der Waals surface area contributed by atoms with E-state index in [0.29, 0.717) is 0 Å². The van der Waals surface area contributed by atoms with Crippen LogP contribution in [0.5, 0.6) is 0 Å². The molecule has 0 bridgehead atoms. The van der Waals surface area contributed by atoms with Crippen molar-refractivity contribution in [1.29, 1.82) is 0 Å². The number of fused-ring (bicyclic) bond motifs is 10. The predicted octanol–water partition coefficient (Wildman–Crippen LogP) is 16.3. The van der Waals surface area contributed by atoms with Crippen molar-refractivity contribution in [2.75, 3.05) is 9.80 Å². The zero-order chi connectivity index (χ0) is 50.0. The van der Waals surface area contributed by atoms with Crippen molar-refractivity contribution in [3.8, 4) is 11.1 Å². The number of hydrogen-bond donors (Lipinski definition) is 0. The van der Waals surface area contributed by atoms with Crippen LogP contribution in [0, 0.1) is 6.92 Å². The molecule has 70 heavy (non-hydrogen) atoms. The molecule has 0 fully saturated rings. The average molecular weight is 923 g/mol. The Hall–Kier alpha value is -5.02. The van der Waals surface area contributed by atoms with E-state index in [-0.39, 0.29) is 50.0 Å². The summed E-state index contributed by atoms with van der Waals surface area (Å²) >= 11 is 0. The van der Waals surface area contributed by atoms with E-state index in [0.717, 1.165) is 6.42 Å². The molecule has 0 unspecified atom stereocenters. The smallest absolute Gasteiger partial charge is 0.252 e. The summed E-state index contributed by atoms with van der Waals surface area (Å²) in [6, 6.07) is 37.8. The van der Waals surface area contributed by atoms with Crippen molar-refractivity contribution in [3.63, 3.8) is 0 Å². The fraction of sp³-hybridized carbons (Fsp3) is 0.463. The molecule has 0 spiro atoms. The maximum absolute atomic E-state index is 2.78. The lowest BCUT2D eigenvalue weighted by Crippen LogP contribution is -2.62. The molecule has 6 aromatic rings. The summed E-state index contributed by atoms with van der Waals surface area (Å²) in [4.78, 5) is 5.52. The second-order valence-corrected chi connectivity index (χ2v) is 28.7. The summed E-state index contributed by atoms with van der Waals surface area (Å²) < 4.78 is 0. The molecule has 3 heteroatoms. The quantitative estimate of drug-likeness (QED) is 0.159. The highest BCUT2D eigenvalue weighted by Crippen LogP contribution is 2.59. The Morgan fingerprint density at radius 2 is 0.914 bits per heavy atom. The van der Waals surface area contributed by atoms with E-state index in [1.807, 2.05) is 0 Å². The largest absolute Gasteiger partial charge is 0.311 e. The molecule has 6 aliphatic rings. The van der Waals surface area contributed by atoms with Gasteiger partial charge in [0.25, 0.3) is 6.71 Å². The van der Waals surface area contributed by atoms with Crippen LogP contribution < -0.4 is 26.2 Å². The van der Waals surface area contributed by atoms with Crippen molar-refractivity contribution < 1.29 is 0 Å². The Labute approximate surface area is 422 Å². The van der Waals surface area contributed by atoms with Crippen molar-refractivity contribution in [1.82, 2.24) is 0 Å². The summed E-state index contributed by atoms with van der Waals surface area (Å²) in [6.45, 7) is 44.7. The number of hydrogen-bond acceptors (Lipinski definition) is 2. The van der Waals surface area contributed by atoms with Crippen LogP contribution >= 0.6 is 0 Å². The Bertz CT molecular complexity index is 3290. The van der Waals surface area contributed by atoms with Crippen LogP contribution in [0.1, 0.15) is 205 Å². The van der Waals surface area contributed by atoms with Crippen LogP contribution in [0.4, 0.5) is 34.1 Å². The molecule has 0 radical (unpaired) electrons. The number of anilines is 6. The standard InChI is InChI=1S/C67H79BN2/c1-39-31-55-59-56(32-39)70(52-26-24-42-41-21-19-20-22-43(41)67(17,18)57(42)58(52)60(2,3)4)54-37-49-47(65(13,14)38-66(49,15)16)35-51(54)68(59)50-34-46-48(64(11,12)30-29-63(46,9)10)36-53(50)69(55)40-23-25-44-45(33-40)62(7,8)28-27-61(44,5)6/h19-26,31-37H,27-30,38H2,1-18H3. The molecular weight excluding hydrogens is 844 g/mol. The maximum atomic E-state index is 2.78. The summed E-state index contributed by atoms with van der Waals surface area (Å²) in [5.41, 5.74) is 30.0. The topological polar surface area (TPSA) is 6.48 Å².